The van der Waals surface area contributed by atoms with E-state index in [-0.39, 0.29) is 0 Å². The van der Waals surface area contributed by atoms with Gasteiger partial charge in [0.1, 0.15) is 6.04 Å². The predicted molar refractivity (Wildman–Crippen MR) is 44.7 cm³/mol. The molecule has 3 nitrogen and oxygen atoms in total. The largest absolute Gasteiger partial charge is 0.410 e. The van der Waals surface area contributed by atoms with Crippen molar-refractivity contribution in [1.29, 1.82) is 0 Å². The van der Waals surface area contributed by atoms with Gasteiger partial charge in [-0.1, -0.05) is 13.8 Å². The van der Waals surface area contributed by atoms with Gasteiger partial charge in [0, 0.05) is 13.0 Å². The first kappa shape index (κ1) is 13.2. The fraction of sp³-hybridized carbons (Fsp3) is 0.875. The van der Waals surface area contributed by atoms with Crippen molar-refractivity contribution < 1.29 is 22.7 Å². The number of carbonyl (C=O) groups excluding carboxylic acids is 1. The van der Waals surface area contributed by atoms with Gasteiger partial charge >= 0.3 is 6.18 Å². The minimum atomic E-state index is -4.47. The van der Waals surface area contributed by atoms with Gasteiger partial charge in [0.25, 0.3) is 0 Å². The van der Waals surface area contributed by atoms with Crippen molar-refractivity contribution in [2.24, 2.45) is 5.92 Å². The Labute approximate surface area is 80.6 Å². The van der Waals surface area contributed by atoms with E-state index in [1.54, 1.807) is 0 Å². The molecule has 0 aromatic heterocycles. The van der Waals surface area contributed by atoms with E-state index in [4.69, 9.17) is 0 Å². The molecule has 0 aromatic rings. The van der Waals surface area contributed by atoms with Crippen LogP contribution in [0.25, 0.3) is 0 Å². The van der Waals surface area contributed by atoms with Gasteiger partial charge in [-0.05, 0) is 0 Å². The first-order valence-corrected chi connectivity index (χ1v) is 4.15. The number of halogens is 3. The maximum absolute atomic E-state index is 12.2. The predicted octanol–water partition coefficient (Wildman–Crippen LogP) is 1.34. The molecule has 0 aliphatic carbocycles. The van der Waals surface area contributed by atoms with E-state index in [9.17, 15) is 18.0 Å². The highest BCUT2D eigenvalue weighted by Gasteiger charge is 2.40. The number of rotatable bonds is 4. The van der Waals surface area contributed by atoms with Crippen molar-refractivity contribution in [2.75, 3.05) is 13.7 Å². The fourth-order valence-electron chi connectivity index (χ4n) is 0.723. The molecule has 0 saturated heterocycles. The van der Waals surface area contributed by atoms with Gasteiger partial charge in [0.05, 0.1) is 6.61 Å². The maximum Gasteiger partial charge on any atom is 0.410 e. The van der Waals surface area contributed by atoms with Crippen molar-refractivity contribution in [3.05, 3.63) is 0 Å². The van der Waals surface area contributed by atoms with Crippen LogP contribution in [0.4, 0.5) is 13.2 Å². The molecule has 0 heterocycles. The summed E-state index contributed by atoms with van der Waals surface area (Å²) in [6.07, 6.45) is -4.47. The summed E-state index contributed by atoms with van der Waals surface area (Å²) >= 11 is 0. The number of ether oxygens (including phenoxy) is 1. The molecule has 1 unspecified atom stereocenters. The Morgan fingerprint density at radius 3 is 2.21 bits per heavy atom. The maximum atomic E-state index is 12.2. The zero-order chi connectivity index (χ0) is 11.4. The molecule has 0 aliphatic rings. The molecule has 1 N–H and O–H groups in total. The van der Waals surface area contributed by atoms with Crippen LogP contribution < -0.4 is 5.32 Å². The van der Waals surface area contributed by atoms with E-state index < -0.39 is 30.7 Å². The quantitative estimate of drug-likeness (QED) is 0.765. The van der Waals surface area contributed by atoms with Gasteiger partial charge in [-0.2, -0.15) is 13.2 Å². The standard InChI is InChI=1S/C8H14F3NO2/c1-5(2)7(13)12-6(4-14-3)8(9,10)11/h5-6H,4H2,1-3H3,(H,12,13). The summed E-state index contributed by atoms with van der Waals surface area (Å²) < 4.78 is 41.1. The van der Waals surface area contributed by atoms with Crippen LogP contribution in [0, 0.1) is 5.92 Å². The molecule has 1 atom stereocenters. The number of amides is 1. The zero-order valence-corrected chi connectivity index (χ0v) is 8.31. The molecule has 0 bridgehead atoms. The highest BCUT2D eigenvalue weighted by molar-refractivity contribution is 5.78. The summed E-state index contributed by atoms with van der Waals surface area (Å²) in [5.74, 6) is -1.11. The first-order chi connectivity index (χ1) is 6.29. The minimum absolute atomic E-state index is 0.475. The van der Waals surface area contributed by atoms with Crippen LogP contribution in [0.1, 0.15) is 13.8 Å². The number of nitrogens with one attached hydrogen (secondary N) is 1. The zero-order valence-electron chi connectivity index (χ0n) is 8.31. The van der Waals surface area contributed by atoms with Crippen molar-refractivity contribution >= 4 is 5.91 Å². The van der Waals surface area contributed by atoms with Crippen LogP contribution >= 0.6 is 0 Å². The van der Waals surface area contributed by atoms with Crippen molar-refractivity contribution in [1.82, 2.24) is 5.32 Å². The molecule has 14 heavy (non-hydrogen) atoms. The topological polar surface area (TPSA) is 38.3 Å². The lowest BCUT2D eigenvalue weighted by Crippen LogP contribution is -2.49. The number of carbonyl (C=O) groups is 1. The summed E-state index contributed by atoms with van der Waals surface area (Å²) in [5, 5.41) is 1.87. The molecule has 6 heteroatoms. The lowest BCUT2D eigenvalue weighted by Gasteiger charge is -2.21. The molecular formula is C8H14F3NO2. The van der Waals surface area contributed by atoms with Crippen LogP contribution in [-0.2, 0) is 9.53 Å². The van der Waals surface area contributed by atoms with E-state index in [2.05, 4.69) is 4.74 Å². The van der Waals surface area contributed by atoms with Gasteiger partial charge < -0.3 is 10.1 Å². The lowest BCUT2D eigenvalue weighted by molar-refractivity contribution is -0.171. The molecule has 84 valence electrons. The van der Waals surface area contributed by atoms with Crippen LogP contribution in [-0.4, -0.2) is 31.8 Å². The molecular weight excluding hydrogens is 199 g/mol. The van der Waals surface area contributed by atoms with E-state index in [0.29, 0.717) is 0 Å². The Balaban J connectivity index is 4.31. The van der Waals surface area contributed by atoms with Crippen molar-refractivity contribution in [3.63, 3.8) is 0 Å². The summed E-state index contributed by atoms with van der Waals surface area (Å²) in [5.41, 5.74) is 0. The Hall–Kier alpha value is -0.780. The molecule has 0 rings (SSSR count). The highest BCUT2D eigenvalue weighted by Crippen LogP contribution is 2.20. The first-order valence-electron chi connectivity index (χ1n) is 4.15. The summed E-state index contributed by atoms with van der Waals surface area (Å²) in [4.78, 5) is 11.0. The molecule has 0 fully saturated rings. The average Bonchev–Trinajstić information content (AvgIpc) is 2.01. The third kappa shape index (κ3) is 4.45. The van der Waals surface area contributed by atoms with Gasteiger partial charge in [-0.25, -0.2) is 0 Å². The van der Waals surface area contributed by atoms with Gasteiger partial charge in [0.15, 0.2) is 0 Å². The Kier molecular flexibility index (Phi) is 4.90. The van der Waals surface area contributed by atoms with Crippen LogP contribution in [0.3, 0.4) is 0 Å². The average molecular weight is 213 g/mol. The van der Waals surface area contributed by atoms with E-state index >= 15 is 0 Å². The normalized spacial score (nSPS) is 14.2. The lowest BCUT2D eigenvalue weighted by atomic mass is 10.2. The van der Waals surface area contributed by atoms with Gasteiger partial charge in [0.2, 0.25) is 5.91 Å². The number of hydrogen-bond donors (Lipinski definition) is 1. The second-order valence-corrected chi connectivity index (χ2v) is 3.21. The Morgan fingerprint density at radius 1 is 1.43 bits per heavy atom. The number of hydrogen-bond acceptors (Lipinski definition) is 2. The third-order valence-corrected chi connectivity index (χ3v) is 1.57. The monoisotopic (exact) mass is 213 g/mol. The molecule has 0 spiro atoms. The molecule has 0 saturated carbocycles. The van der Waals surface area contributed by atoms with Gasteiger partial charge in [-0.15, -0.1) is 0 Å². The van der Waals surface area contributed by atoms with Crippen LogP contribution in [0.5, 0.6) is 0 Å². The molecule has 0 aliphatic heterocycles. The Bertz CT molecular complexity index is 192. The molecule has 1 amide bonds. The van der Waals surface area contributed by atoms with E-state index in [0.717, 1.165) is 7.11 Å². The molecule has 0 aromatic carbocycles. The number of methoxy groups -OCH3 is 1. The van der Waals surface area contributed by atoms with Crippen molar-refractivity contribution in [3.8, 4) is 0 Å². The second-order valence-electron chi connectivity index (χ2n) is 3.21. The highest BCUT2D eigenvalue weighted by atomic mass is 19.4. The van der Waals surface area contributed by atoms with E-state index in [1.807, 2.05) is 5.32 Å². The van der Waals surface area contributed by atoms with Crippen molar-refractivity contribution in [2.45, 2.75) is 26.1 Å². The summed E-state index contributed by atoms with van der Waals surface area (Å²) in [6.45, 7) is 2.48. The van der Waals surface area contributed by atoms with Crippen LogP contribution in [0.2, 0.25) is 0 Å². The second kappa shape index (κ2) is 5.19. The number of alkyl halides is 3. The third-order valence-electron chi connectivity index (χ3n) is 1.57. The summed E-state index contributed by atoms with van der Waals surface area (Å²) in [7, 11) is 1.15. The fourth-order valence-corrected chi connectivity index (χ4v) is 0.723. The molecule has 0 radical (unpaired) electrons. The van der Waals surface area contributed by atoms with E-state index in [1.165, 1.54) is 13.8 Å². The smallest absolute Gasteiger partial charge is 0.382 e. The van der Waals surface area contributed by atoms with Gasteiger partial charge in [-0.3, -0.25) is 4.79 Å². The van der Waals surface area contributed by atoms with Crippen LogP contribution in [0.15, 0.2) is 0 Å². The SMILES string of the molecule is COCC(NC(=O)C(C)C)C(F)(F)F. The Morgan fingerprint density at radius 2 is 1.93 bits per heavy atom. The summed E-state index contributed by atoms with van der Waals surface area (Å²) in [6, 6.07) is -1.93. The minimum Gasteiger partial charge on any atom is -0.382 e.